The summed E-state index contributed by atoms with van der Waals surface area (Å²) >= 11 is 0. The van der Waals surface area contributed by atoms with Crippen molar-refractivity contribution in [3.8, 4) is 0 Å². The van der Waals surface area contributed by atoms with Gasteiger partial charge >= 0.3 is 5.97 Å². The number of carbonyl (C=O) groups excluding carboxylic acids is 1. The molecule has 1 aliphatic rings. The van der Waals surface area contributed by atoms with E-state index in [2.05, 4.69) is 5.32 Å². The van der Waals surface area contributed by atoms with E-state index < -0.39 is 17.6 Å². The molecule has 5 nitrogen and oxygen atoms in total. The molecule has 0 heterocycles. The minimum Gasteiger partial charge on any atom is -0.480 e. The monoisotopic (exact) mass is 256 g/mol. The van der Waals surface area contributed by atoms with Crippen molar-refractivity contribution in [2.24, 2.45) is 11.7 Å². The maximum Gasteiger partial charge on any atom is 0.326 e. The van der Waals surface area contributed by atoms with Crippen LogP contribution in [0.5, 0.6) is 0 Å². The van der Waals surface area contributed by atoms with Gasteiger partial charge in [-0.1, -0.05) is 26.7 Å². The fraction of sp³-hybridized carbons (Fsp3) is 0.846. The van der Waals surface area contributed by atoms with E-state index in [1.807, 2.05) is 13.8 Å². The molecular formula is C13H24N2O3. The Morgan fingerprint density at radius 3 is 2.33 bits per heavy atom. The molecule has 1 rings (SSSR count). The Bertz CT molecular complexity index is 309. The lowest BCUT2D eigenvalue weighted by atomic mass is 9.94. The second kappa shape index (κ2) is 6.18. The van der Waals surface area contributed by atoms with Gasteiger partial charge in [-0.2, -0.15) is 0 Å². The van der Waals surface area contributed by atoms with Gasteiger partial charge in [0.1, 0.15) is 6.04 Å². The fourth-order valence-corrected chi connectivity index (χ4v) is 2.51. The zero-order chi connectivity index (χ0) is 13.8. The van der Waals surface area contributed by atoms with E-state index in [0.717, 1.165) is 25.7 Å². The first kappa shape index (κ1) is 15.0. The minimum absolute atomic E-state index is 0.227. The van der Waals surface area contributed by atoms with Gasteiger partial charge in [0.15, 0.2) is 0 Å². The number of carboxylic acids is 1. The van der Waals surface area contributed by atoms with Gasteiger partial charge in [-0.15, -0.1) is 0 Å². The second-order valence-corrected chi connectivity index (χ2v) is 5.83. The van der Waals surface area contributed by atoms with Crippen molar-refractivity contribution in [3.63, 3.8) is 0 Å². The van der Waals surface area contributed by atoms with E-state index in [-0.39, 0.29) is 18.2 Å². The Balaban J connectivity index is 2.48. The van der Waals surface area contributed by atoms with Crippen LogP contribution in [0.1, 0.15) is 52.4 Å². The summed E-state index contributed by atoms with van der Waals surface area (Å²) < 4.78 is 0. The molecule has 0 spiro atoms. The number of hydrogen-bond acceptors (Lipinski definition) is 3. The molecule has 0 aromatic rings. The summed E-state index contributed by atoms with van der Waals surface area (Å²) in [5.74, 6) is -0.994. The summed E-state index contributed by atoms with van der Waals surface area (Å²) in [5, 5.41) is 11.6. The molecule has 1 fully saturated rings. The summed E-state index contributed by atoms with van der Waals surface area (Å²) in [4.78, 5) is 22.9. The molecule has 5 heteroatoms. The topological polar surface area (TPSA) is 92.4 Å². The van der Waals surface area contributed by atoms with E-state index in [1.165, 1.54) is 0 Å². The van der Waals surface area contributed by atoms with Gasteiger partial charge in [0.05, 0.1) is 0 Å². The van der Waals surface area contributed by atoms with Crippen LogP contribution in [0.15, 0.2) is 0 Å². The molecule has 0 aliphatic heterocycles. The summed E-state index contributed by atoms with van der Waals surface area (Å²) in [6.07, 6.45) is 4.48. The zero-order valence-electron chi connectivity index (χ0n) is 11.2. The number of hydrogen-bond donors (Lipinski definition) is 3. The maximum absolute atomic E-state index is 11.8. The van der Waals surface area contributed by atoms with Crippen LogP contribution in [0.25, 0.3) is 0 Å². The molecule has 104 valence electrons. The van der Waals surface area contributed by atoms with Gasteiger partial charge in [0.25, 0.3) is 0 Å². The first-order valence-corrected chi connectivity index (χ1v) is 6.63. The van der Waals surface area contributed by atoms with Crippen molar-refractivity contribution in [2.75, 3.05) is 0 Å². The lowest BCUT2D eigenvalue weighted by molar-refractivity contribution is -0.142. The van der Waals surface area contributed by atoms with Crippen LogP contribution in [0.3, 0.4) is 0 Å². The SMILES string of the molecule is CC(C)C[C@H](NC(=O)CC1(N)CCCC1)C(=O)O. The van der Waals surface area contributed by atoms with Crippen LogP contribution in [0.4, 0.5) is 0 Å². The van der Waals surface area contributed by atoms with Crippen LogP contribution in [0, 0.1) is 5.92 Å². The number of aliphatic carboxylic acids is 1. The van der Waals surface area contributed by atoms with Crippen molar-refractivity contribution in [2.45, 2.75) is 64.0 Å². The summed E-state index contributed by atoms with van der Waals surface area (Å²) in [7, 11) is 0. The van der Waals surface area contributed by atoms with E-state index in [4.69, 9.17) is 10.8 Å². The first-order valence-electron chi connectivity index (χ1n) is 6.63. The van der Waals surface area contributed by atoms with Gasteiger partial charge in [-0.05, 0) is 25.2 Å². The lowest BCUT2D eigenvalue weighted by Crippen LogP contribution is -2.47. The van der Waals surface area contributed by atoms with Gasteiger partial charge in [-0.25, -0.2) is 4.79 Å². The lowest BCUT2D eigenvalue weighted by Gasteiger charge is -2.24. The van der Waals surface area contributed by atoms with Crippen LogP contribution in [-0.2, 0) is 9.59 Å². The standard InChI is InChI=1S/C13H24N2O3/c1-9(2)7-10(12(17)18)15-11(16)8-13(14)5-3-4-6-13/h9-10H,3-8,14H2,1-2H3,(H,15,16)(H,17,18)/t10-/m0/s1. The summed E-state index contributed by atoms with van der Waals surface area (Å²) in [5.41, 5.74) is 5.68. The minimum atomic E-state index is -0.977. The number of carbonyl (C=O) groups is 2. The highest BCUT2D eigenvalue weighted by Gasteiger charge is 2.33. The molecule has 0 aromatic heterocycles. The van der Waals surface area contributed by atoms with Gasteiger partial charge in [0.2, 0.25) is 5.91 Å². The van der Waals surface area contributed by atoms with E-state index in [1.54, 1.807) is 0 Å². The van der Waals surface area contributed by atoms with Crippen molar-refractivity contribution in [1.82, 2.24) is 5.32 Å². The first-order chi connectivity index (χ1) is 8.32. The van der Waals surface area contributed by atoms with Crippen LogP contribution >= 0.6 is 0 Å². The summed E-state index contributed by atoms with van der Waals surface area (Å²) in [6, 6.07) is -0.803. The third-order valence-electron chi connectivity index (χ3n) is 3.45. The zero-order valence-corrected chi connectivity index (χ0v) is 11.2. The van der Waals surface area contributed by atoms with Crippen molar-refractivity contribution in [1.29, 1.82) is 0 Å². The van der Waals surface area contributed by atoms with E-state index in [9.17, 15) is 9.59 Å². The fourth-order valence-electron chi connectivity index (χ4n) is 2.51. The number of nitrogens with one attached hydrogen (secondary N) is 1. The highest BCUT2D eigenvalue weighted by molar-refractivity contribution is 5.84. The molecule has 0 bridgehead atoms. The largest absolute Gasteiger partial charge is 0.480 e. The smallest absolute Gasteiger partial charge is 0.326 e. The van der Waals surface area contributed by atoms with Gasteiger partial charge in [-0.3, -0.25) is 4.79 Å². The van der Waals surface area contributed by atoms with Crippen LogP contribution in [0.2, 0.25) is 0 Å². The van der Waals surface area contributed by atoms with Gasteiger partial charge < -0.3 is 16.2 Å². The molecular weight excluding hydrogens is 232 g/mol. The van der Waals surface area contributed by atoms with Crippen LogP contribution < -0.4 is 11.1 Å². The average molecular weight is 256 g/mol. The Morgan fingerprint density at radius 2 is 1.89 bits per heavy atom. The normalized spacial score (nSPS) is 19.8. The number of carboxylic acid groups (broad SMARTS) is 1. The predicted octanol–water partition coefficient (Wildman–Crippen LogP) is 1.26. The third kappa shape index (κ3) is 4.64. The van der Waals surface area contributed by atoms with E-state index >= 15 is 0 Å². The number of amides is 1. The predicted molar refractivity (Wildman–Crippen MR) is 69.0 cm³/mol. The number of rotatable bonds is 6. The average Bonchev–Trinajstić information content (AvgIpc) is 2.62. The molecule has 1 atom stereocenters. The number of nitrogens with two attached hydrogens (primary N) is 1. The van der Waals surface area contributed by atoms with Gasteiger partial charge in [0, 0.05) is 12.0 Å². The molecule has 0 unspecified atom stereocenters. The molecule has 4 N–H and O–H groups in total. The quantitative estimate of drug-likeness (QED) is 0.667. The third-order valence-corrected chi connectivity index (χ3v) is 3.45. The van der Waals surface area contributed by atoms with Crippen molar-refractivity contribution < 1.29 is 14.7 Å². The molecule has 1 aliphatic carbocycles. The molecule has 18 heavy (non-hydrogen) atoms. The van der Waals surface area contributed by atoms with Crippen molar-refractivity contribution in [3.05, 3.63) is 0 Å². The Labute approximate surface area is 108 Å². The van der Waals surface area contributed by atoms with Crippen molar-refractivity contribution >= 4 is 11.9 Å². The highest BCUT2D eigenvalue weighted by atomic mass is 16.4. The van der Waals surface area contributed by atoms with Crippen LogP contribution in [-0.4, -0.2) is 28.6 Å². The Hall–Kier alpha value is -1.10. The molecule has 0 aromatic carbocycles. The van der Waals surface area contributed by atoms with E-state index in [0.29, 0.717) is 6.42 Å². The molecule has 0 saturated heterocycles. The second-order valence-electron chi connectivity index (χ2n) is 5.83. The Morgan fingerprint density at radius 1 is 1.33 bits per heavy atom. The molecule has 1 saturated carbocycles. The summed E-state index contributed by atoms with van der Waals surface area (Å²) in [6.45, 7) is 3.87. The highest BCUT2D eigenvalue weighted by Crippen LogP contribution is 2.29. The molecule has 0 radical (unpaired) electrons. The molecule has 1 amide bonds. The Kier molecular flexibility index (Phi) is 5.14. The maximum atomic E-state index is 11.8.